The van der Waals surface area contributed by atoms with Crippen molar-refractivity contribution >= 4 is 35.5 Å². The zero-order chi connectivity index (χ0) is 43.9. The Morgan fingerprint density at radius 2 is 0.881 bits per heavy atom. The lowest BCUT2D eigenvalue weighted by molar-refractivity contribution is 0.0820. The first-order chi connectivity index (χ1) is 27.8. The van der Waals surface area contributed by atoms with Crippen LogP contribution in [0.3, 0.4) is 0 Å². The molecule has 59 heavy (non-hydrogen) atoms. The average Bonchev–Trinajstić information content (AvgIpc) is 3.22. The Hall–Kier alpha value is -5.76. The summed E-state index contributed by atoms with van der Waals surface area (Å²) >= 11 is 0. The minimum Gasteiger partial charge on any atom is -0.493 e. The SMILES string of the molecule is CCCOc1ccc(C(C)(C)C)cc1/C=C/C(=O)c1ccc(C(=O)N(C)C)cc1.CCCOc1ccc(C(C)(C)CC)cc1/C=C/C(=O)c1ccc(C(=O)N(C)C)cc1. The van der Waals surface area contributed by atoms with Gasteiger partial charge in [-0.1, -0.05) is 91.8 Å². The molecule has 0 N–H and O–H groups in total. The van der Waals surface area contributed by atoms with Crippen molar-refractivity contribution in [1.82, 2.24) is 9.80 Å². The van der Waals surface area contributed by atoms with Crippen LogP contribution in [-0.4, -0.2) is 74.6 Å². The summed E-state index contributed by atoms with van der Waals surface area (Å²) in [6.45, 7) is 18.5. The molecular formula is C51H64N2O6. The van der Waals surface area contributed by atoms with E-state index in [0.717, 1.165) is 41.9 Å². The number of amides is 2. The summed E-state index contributed by atoms with van der Waals surface area (Å²) < 4.78 is 11.7. The van der Waals surface area contributed by atoms with Gasteiger partial charge in [-0.2, -0.15) is 0 Å². The van der Waals surface area contributed by atoms with Crippen molar-refractivity contribution in [3.8, 4) is 11.5 Å². The van der Waals surface area contributed by atoms with Crippen LogP contribution in [0, 0.1) is 0 Å². The van der Waals surface area contributed by atoms with Gasteiger partial charge in [-0.05, 0) is 114 Å². The van der Waals surface area contributed by atoms with E-state index in [0.29, 0.717) is 35.5 Å². The number of allylic oxidation sites excluding steroid dienone is 2. The molecule has 8 nitrogen and oxygen atoms in total. The largest absolute Gasteiger partial charge is 0.493 e. The molecule has 4 aromatic carbocycles. The van der Waals surface area contributed by atoms with Crippen LogP contribution in [-0.2, 0) is 10.8 Å². The van der Waals surface area contributed by atoms with Crippen molar-refractivity contribution in [3.63, 3.8) is 0 Å². The van der Waals surface area contributed by atoms with E-state index < -0.39 is 0 Å². The van der Waals surface area contributed by atoms with E-state index in [1.807, 2.05) is 18.2 Å². The molecular weight excluding hydrogens is 737 g/mol. The predicted molar refractivity (Wildman–Crippen MR) is 242 cm³/mol. The number of ether oxygens (including phenoxy) is 2. The Morgan fingerprint density at radius 3 is 1.22 bits per heavy atom. The second-order valence-electron chi connectivity index (χ2n) is 16.6. The monoisotopic (exact) mass is 800 g/mol. The lowest BCUT2D eigenvalue weighted by atomic mass is 9.81. The zero-order valence-corrected chi connectivity index (χ0v) is 37.3. The van der Waals surface area contributed by atoms with Gasteiger partial charge >= 0.3 is 0 Å². The lowest BCUT2D eigenvalue weighted by Crippen LogP contribution is -2.21. The van der Waals surface area contributed by atoms with Crippen LogP contribution in [0.15, 0.2) is 97.1 Å². The molecule has 0 bridgehead atoms. The van der Waals surface area contributed by atoms with Gasteiger partial charge in [0.25, 0.3) is 11.8 Å². The predicted octanol–water partition coefficient (Wildman–Crippen LogP) is 11.1. The van der Waals surface area contributed by atoms with E-state index >= 15 is 0 Å². The number of carbonyl (C=O) groups is 4. The summed E-state index contributed by atoms with van der Waals surface area (Å²) in [5.74, 6) is 1.16. The van der Waals surface area contributed by atoms with Gasteiger partial charge in [0.15, 0.2) is 11.6 Å². The van der Waals surface area contributed by atoms with E-state index in [9.17, 15) is 19.2 Å². The molecule has 0 aliphatic rings. The number of nitrogens with zero attached hydrogens (tertiary/aromatic N) is 2. The summed E-state index contributed by atoms with van der Waals surface area (Å²) in [6.07, 6.45) is 9.61. The van der Waals surface area contributed by atoms with Crippen LogP contribution in [0.2, 0.25) is 0 Å². The second kappa shape index (κ2) is 21.8. The number of ketones is 2. The third-order valence-electron chi connectivity index (χ3n) is 9.95. The zero-order valence-electron chi connectivity index (χ0n) is 37.3. The highest BCUT2D eigenvalue weighted by Crippen LogP contribution is 2.32. The van der Waals surface area contributed by atoms with Gasteiger partial charge in [0.2, 0.25) is 0 Å². The van der Waals surface area contributed by atoms with E-state index in [-0.39, 0.29) is 34.2 Å². The number of carbonyl (C=O) groups excluding carboxylic acids is 4. The molecule has 0 atom stereocenters. The van der Waals surface area contributed by atoms with Gasteiger partial charge in [0.05, 0.1) is 13.2 Å². The molecule has 2 amide bonds. The minimum absolute atomic E-state index is 0.00465. The van der Waals surface area contributed by atoms with Crippen molar-refractivity contribution in [2.45, 2.75) is 85.5 Å². The van der Waals surface area contributed by atoms with Gasteiger partial charge in [0, 0.05) is 61.6 Å². The van der Waals surface area contributed by atoms with Crippen molar-refractivity contribution < 1.29 is 28.7 Å². The highest BCUT2D eigenvalue weighted by Gasteiger charge is 2.20. The first-order valence-corrected chi connectivity index (χ1v) is 20.5. The van der Waals surface area contributed by atoms with E-state index in [2.05, 4.69) is 79.7 Å². The fraction of sp³-hybridized carbons (Fsp3) is 0.373. The number of hydrogen-bond donors (Lipinski definition) is 0. The maximum Gasteiger partial charge on any atom is 0.253 e. The molecule has 0 radical (unpaired) electrons. The summed E-state index contributed by atoms with van der Waals surface area (Å²) in [4.78, 5) is 52.3. The van der Waals surface area contributed by atoms with E-state index in [1.165, 1.54) is 20.9 Å². The smallest absolute Gasteiger partial charge is 0.253 e. The molecule has 0 heterocycles. The standard InChI is InChI=1S/C26H33NO3.C25H31NO3/c1-7-17-30-24-16-14-22(26(3,4)8-2)18-21(24)13-15-23(28)19-9-11-20(12-10-19)25(29)27(5)6;1-7-16-29-23-15-13-21(25(2,3)4)17-20(23)12-14-22(27)18-8-10-19(11-9-18)24(28)26(5)6/h9-16,18H,7-8,17H2,1-6H3;8-15,17H,7,16H2,1-6H3/b15-13+;14-12+. The van der Waals surface area contributed by atoms with Crippen molar-refractivity contribution in [3.05, 3.63) is 142 Å². The van der Waals surface area contributed by atoms with Gasteiger partial charge in [-0.3, -0.25) is 19.2 Å². The van der Waals surface area contributed by atoms with Crippen molar-refractivity contribution in [2.75, 3.05) is 41.4 Å². The van der Waals surface area contributed by atoms with Crippen LogP contribution in [0.1, 0.15) is 138 Å². The second-order valence-corrected chi connectivity index (χ2v) is 16.6. The summed E-state index contributed by atoms with van der Waals surface area (Å²) in [6, 6.07) is 25.8. The van der Waals surface area contributed by atoms with E-state index in [1.54, 1.807) is 94.9 Å². The fourth-order valence-electron chi connectivity index (χ4n) is 5.73. The number of rotatable bonds is 16. The van der Waals surface area contributed by atoms with Crippen LogP contribution in [0.5, 0.6) is 11.5 Å². The molecule has 0 unspecified atom stereocenters. The molecule has 0 aromatic heterocycles. The quantitative estimate of drug-likeness (QED) is 0.0827. The topological polar surface area (TPSA) is 93.2 Å². The molecule has 0 fully saturated rings. The molecule has 0 saturated heterocycles. The maximum absolute atomic E-state index is 12.7. The van der Waals surface area contributed by atoms with Crippen molar-refractivity contribution in [2.24, 2.45) is 0 Å². The Morgan fingerprint density at radius 1 is 0.525 bits per heavy atom. The van der Waals surface area contributed by atoms with Gasteiger partial charge in [-0.15, -0.1) is 0 Å². The Bertz CT molecular complexity index is 2100. The molecule has 0 aliphatic carbocycles. The normalized spacial score (nSPS) is 11.5. The number of hydrogen-bond acceptors (Lipinski definition) is 6. The molecule has 4 rings (SSSR count). The molecule has 8 heteroatoms. The van der Waals surface area contributed by atoms with Crippen LogP contribution in [0.25, 0.3) is 12.2 Å². The van der Waals surface area contributed by atoms with Crippen LogP contribution >= 0.6 is 0 Å². The van der Waals surface area contributed by atoms with Crippen molar-refractivity contribution in [1.29, 1.82) is 0 Å². The van der Waals surface area contributed by atoms with Gasteiger partial charge < -0.3 is 19.3 Å². The van der Waals surface area contributed by atoms with E-state index in [4.69, 9.17) is 9.47 Å². The Labute approximate surface area is 352 Å². The minimum atomic E-state index is -0.114. The molecule has 4 aromatic rings. The summed E-state index contributed by atoms with van der Waals surface area (Å²) in [5.41, 5.74) is 6.44. The van der Waals surface area contributed by atoms with Gasteiger partial charge in [0.1, 0.15) is 11.5 Å². The number of benzene rings is 4. The van der Waals surface area contributed by atoms with Crippen LogP contribution in [0.4, 0.5) is 0 Å². The molecule has 0 spiro atoms. The Kier molecular flexibility index (Phi) is 17.6. The van der Waals surface area contributed by atoms with Crippen LogP contribution < -0.4 is 9.47 Å². The third kappa shape index (κ3) is 13.9. The highest BCUT2D eigenvalue weighted by molar-refractivity contribution is 6.08. The third-order valence-corrected chi connectivity index (χ3v) is 9.95. The lowest BCUT2D eigenvalue weighted by Gasteiger charge is -2.24. The summed E-state index contributed by atoms with van der Waals surface area (Å²) in [7, 11) is 6.81. The molecule has 314 valence electrons. The summed E-state index contributed by atoms with van der Waals surface area (Å²) in [5, 5.41) is 0. The van der Waals surface area contributed by atoms with Gasteiger partial charge in [-0.25, -0.2) is 0 Å². The maximum atomic E-state index is 12.7. The fourth-order valence-corrected chi connectivity index (χ4v) is 5.73. The molecule has 0 saturated carbocycles. The average molecular weight is 801 g/mol. The highest BCUT2D eigenvalue weighted by atomic mass is 16.5. The Balaban J connectivity index is 0.000000316. The first-order valence-electron chi connectivity index (χ1n) is 20.5. The first kappa shape index (κ1) is 47.6. The molecule has 0 aliphatic heterocycles.